The average Bonchev–Trinajstić information content (AvgIpc) is 3.70. The molecule has 2 aromatic rings. The standard InChI is InChI=1S/C31H42F4N2O3/c1-3-5-7-9-10-12-16-38-25-17-21-14-15-23(31(34,35)27(21)29(33)28(25)32)30-36-18-22(19-37-30)39-20-26-24(40-26)13-11-8-6-4-2/h17-19,23-24,26H,3-16,20H2,1-2H3. The van der Waals surface area contributed by atoms with Crippen LogP contribution < -0.4 is 9.47 Å². The molecule has 0 saturated carbocycles. The van der Waals surface area contributed by atoms with Crippen molar-refractivity contribution in [3.05, 3.63) is 47.0 Å². The minimum Gasteiger partial charge on any atom is -0.490 e. The van der Waals surface area contributed by atoms with E-state index in [9.17, 15) is 4.39 Å². The van der Waals surface area contributed by atoms with Gasteiger partial charge in [0.15, 0.2) is 17.3 Å². The van der Waals surface area contributed by atoms with Gasteiger partial charge in [-0.15, -0.1) is 0 Å². The van der Waals surface area contributed by atoms with Crippen molar-refractivity contribution in [3.63, 3.8) is 0 Å². The van der Waals surface area contributed by atoms with E-state index >= 15 is 13.2 Å². The molecule has 222 valence electrons. The van der Waals surface area contributed by atoms with Crippen molar-refractivity contribution in [1.82, 2.24) is 9.97 Å². The summed E-state index contributed by atoms with van der Waals surface area (Å²) in [6.45, 7) is 4.88. The number of rotatable bonds is 17. The van der Waals surface area contributed by atoms with Crippen LogP contribution in [0.3, 0.4) is 0 Å². The molecule has 3 atom stereocenters. The van der Waals surface area contributed by atoms with E-state index in [2.05, 4.69) is 23.8 Å². The second-order valence-electron chi connectivity index (χ2n) is 11.0. The van der Waals surface area contributed by atoms with Crippen LogP contribution in [0.5, 0.6) is 11.5 Å². The molecule has 5 nitrogen and oxygen atoms in total. The van der Waals surface area contributed by atoms with Gasteiger partial charge in [0.2, 0.25) is 5.82 Å². The van der Waals surface area contributed by atoms with Gasteiger partial charge in [-0.25, -0.2) is 23.1 Å². The number of unbranched alkanes of at least 4 members (excludes halogenated alkanes) is 8. The molecular weight excluding hydrogens is 524 g/mol. The van der Waals surface area contributed by atoms with Gasteiger partial charge >= 0.3 is 0 Å². The molecule has 2 aliphatic rings. The SMILES string of the molecule is CCCCCCCCOc1cc2c(c(F)c1F)C(F)(F)C(c1ncc(OCC3OC3CCCCCC)cn1)CC2. The molecule has 1 aliphatic carbocycles. The van der Waals surface area contributed by atoms with E-state index < -0.39 is 29.0 Å². The Morgan fingerprint density at radius 3 is 2.27 bits per heavy atom. The molecule has 3 unspecified atom stereocenters. The Morgan fingerprint density at radius 2 is 1.55 bits per heavy atom. The summed E-state index contributed by atoms with van der Waals surface area (Å²) in [6.07, 6.45) is 14.9. The smallest absolute Gasteiger partial charge is 0.286 e. The van der Waals surface area contributed by atoms with Crippen LogP contribution in [0.2, 0.25) is 0 Å². The minimum atomic E-state index is -3.68. The van der Waals surface area contributed by atoms with Crippen molar-refractivity contribution in [2.75, 3.05) is 13.2 Å². The Balaban J connectivity index is 1.32. The molecule has 1 aromatic heterocycles. The fourth-order valence-corrected chi connectivity index (χ4v) is 5.44. The Bertz CT molecular complexity index is 1080. The summed E-state index contributed by atoms with van der Waals surface area (Å²) in [5, 5.41) is 0. The van der Waals surface area contributed by atoms with Gasteiger partial charge in [0.05, 0.1) is 36.6 Å². The lowest BCUT2D eigenvalue weighted by molar-refractivity contribution is -0.0500. The molecule has 9 heteroatoms. The highest BCUT2D eigenvalue weighted by molar-refractivity contribution is 5.44. The van der Waals surface area contributed by atoms with Gasteiger partial charge in [-0.05, 0) is 37.3 Å². The van der Waals surface area contributed by atoms with E-state index in [1.54, 1.807) is 0 Å². The van der Waals surface area contributed by atoms with Gasteiger partial charge in [0, 0.05) is 0 Å². The van der Waals surface area contributed by atoms with Gasteiger partial charge in [-0.1, -0.05) is 71.6 Å². The highest BCUT2D eigenvalue weighted by atomic mass is 19.3. The van der Waals surface area contributed by atoms with Gasteiger partial charge in [-0.2, -0.15) is 4.39 Å². The number of ether oxygens (including phenoxy) is 3. The number of nitrogens with zero attached hydrogens (tertiary/aromatic N) is 2. The molecular formula is C31H42F4N2O3. The van der Waals surface area contributed by atoms with Crippen LogP contribution in [0.1, 0.15) is 114 Å². The first-order valence-corrected chi connectivity index (χ1v) is 15.0. The number of halogens is 4. The van der Waals surface area contributed by atoms with Crippen LogP contribution in [-0.2, 0) is 17.1 Å². The second-order valence-corrected chi connectivity index (χ2v) is 11.0. The predicted molar refractivity (Wildman–Crippen MR) is 145 cm³/mol. The van der Waals surface area contributed by atoms with Crippen LogP contribution in [0.4, 0.5) is 17.6 Å². The van der Waals surface area contributed by atoms with E-state index in [-0.39, 0.29) is 48.8 Å². The van der Waals surface area contributed by atoms with Crippen molar-refractivity contribution in [2.45, 2.75) is 121 Å². The van der Waals surface area contributed by atoms with Crippen LogP contribution in [0, 0.1) is 11.6 Å². The number of aromatic nitrogens is 2. The van der Waals surface area contributed by atoms with E-state index in [1.165, 1.54) is 44.1 Å². The van der Waals surface area contributed by atoms with Crippen LogP contribution in [0.15, 0.2) is 18.5 Å². The number of benzene rings is 1. The van der Waals surface area contributed by atoms with Gasteiger partial charge < -0.3 is 14.2 Å². The number of hydrogen-bond donors (Lipinski definition) is 0. The van der Waals surface area contributed by atoms with E-state index in [0.717, 1.165) is 38.5 Å². The third kappa shape index (κ3) is 7.65. The van der Waals surface area contributed by atoms with Gasteiger partial charge in [-0.3, -0.25) is 0 Å². The second kappa shape index (κ2) is 14.5. The van der Waals surface area contributed by atoms with Crippen LogP contribution in [-0.4, -0.2) is 35.4 Å². The maximum Gasteiger partial charge on any atom is 0.286 e. The molecule has 40 heavy (non-hydrogen) atoms. The van der Waals surface area contributed by atoms with Crippen molar-refractivity contribution in [1.29, 1.82) is 0 Å². The molecule has 0 spiro atoms. The zero-order chi connectivity index (χ0) is 28.5. The van der Waals surface area contributed by atoms with Crippen LogP contribution >= 0.6 is 0 Å². The summed E-state index contributed by atoms with van der Waals surface area (Å²) in [6, 6.07) is 1.23. The number of epoxide rings is 1. The fourth-order valence-electron chi connectivity index (χ4n) is 5.44. The molecule has 1 aliphatic heterocycles. The third-order valence-electron chi connectivity index (χ3n) is 7.89. The Labute approximate surface area is 235 Å². The lowest BCUT2D eigenvalue weighted by Gasteiger charge is -2.33. The highest BCUT2D eigenvalue weighted by Crippen LogP contribution is 2.51. The molecule has 4 rings (SSSR count). The van der Waals surface area contributed by atoms with E-state index in [4.69, 9.17) is 14.2 Å². The van der Waals surface area contributed by atoms with E-state index in [1.807, 2.05) is 0 Å². The first-order valence-electron chi connectivity index (χ1n) is 15.0. The van der Waals surface area contributed by atoms with Crippen molar-refractivity contribution < 1.29 is 31.8 Å². The normalized spacial score (nSPS) is 21.2. The van der Waals surface area contributed by atoms with Crippen molar-refractivity contribution in [3.8, 4) is 11.5 Å². The van der Waals surface area contributed by atoms with Crippen LogP contribution in [0.25, 0.3) is 0 Å². The molecule has 0 amide bonds. The summed E-state index contributed by atoms with van der Waals surface area (Å²) in [5.41, 5.74) is -0.861. The molecule has 1 saturated heterocycles. The molecule has 0 bridgehead atoms. The van der Waals surface area contributed by atoms with Crippen molar-refractivity contribution >= 4 is 0 Å². The first kappa shape index (κ1) is 30.5. The number of aryl methyl sites for hydroxylation is 1. The maximum absolute atomic E-state index is 15.6. The number of fused-ring (bicyclic) bond motifs is 1. The van der Waals surface area contributed by atoms with Gasteiger partial charge in [0.25, 0.3) is 5.92 Å². The lowest BCUT2D eigenvalue weighted by atomic mass is 9.79. The summed E-state index contributed by atoms with van der Waals surface area (Å²) in [7, 11) is 0. The summed E-state index contributed by atoms with van der Waals surface area (Å²) < 4.78 is 77.7. The number of alkyl halides is 2. The Morgan fingerprint density at radius 1 is 0.875 bits per heavy atom. The average molecular weight is 567 g/mol. The highest BCUT2D eigenvalue weighted by Gasteiger charge is 2.51. The summed E-state index contributed by atoms with van der Waals surface area (Å²) in [4.78, 5) is 8.21. The zero-order valence-electron chi connectivity index (χ0n) is 23.7. The first-order chi connectivity index (χ1) is 19.4. The zero-order valence-corrected chi connectivity index (χ0v) is 23.7. The minimum absolute atomic E-state index is 0.00221. The largest absolute Gasteiger partial charge is 0.490 e. The van der Waals surface area contributed by atoms with E-state index in [0.29, 0.717) is 18.8 Å². The summed E-state index contributed by atoms with van der Waals surface area (Å²) in [5.74, 6) is -8.15. The summed E-state index contributed by atoms with van der Waals surface area (Å²) >= 11 is 0. The molecule has 1 fully saturated rings. The molecule has 2 heterocycles. The van der Waals surface area contributed by atoms with Gasteiger partial charge in [0.1, 0.15) is 18.5 Å². The monoisotopic (exact) mass is 566 g/mol. The molecule has 0 radical (unpaired) electrons. The lowest BCUT2D eigenvalue weighted by Crippen LogP contribution is -2.33. The quantitative estimate of drug-likeness (QED) is 0.109. The molecule has 0 N–H and O–H groups in total. The number of hydrogen-bond acceptors (Lipinski definition) is 5. The predicted octanol–water partition coefficient (Wildman–Crippen LogP) is 8.43. The topological polar surface area (TPSA) is 56.8 Å². The third-order valence-corrected chi connectivity index (χ3v) is 7.89. The Kier molecular flexibility index (Phi) is 11.0. The molecule has 1 aromatic carbocycles. The van der Waals surface area contributed by atoms with Crippen molar-refractivity contribution in [2.24, 2.45) is 0 Å². The maximum atomic E-state index is 15.6. The fraction of sp³-hybridized carbons (Fsp3) is 0.677. The Hall–Kier alpha value is -2.42.